The van der Waals surface area contributed by atoms with Crippen LogP contribution in [0, 0.1) is 17.5 Å². The molecule has 5 aromatic rings. The van der Waals surface area contributed by atoms with Gasteiger partial charge in [-0.2, -0.15) is 4.39 Å². The lowest BCUT2D eigenvalue weighted by Gasteiger charge is -2.36. The van der Waals surface area contributed by atoms with Crippen LogP contribution in [0.1, 0.15) is 36.6 Å². The first-order chi connectivity index (χ1) is 21.4. The number of fused-ring (bicyclic) bond motifs is 2. The van der Waals surface area contributed by atoms with E-state index in [4.69, 9.17) is 14.6 Å². The molecule has 0 amide bonds. The lowest BCUT2D eigenvalue weighted by molar-refractivity contribution is -0.136. The minimum Gasteiger partial charge on any atom is -0.493 e. The Labute approximate surface area is 256 Å². The number of carboxylic acid groups (broad SMARTS) is 1. The molecule has 1 aliphatic heterocycles. The number of hydrogen-bond donors (Lipinski definition) is 3. The molecule has 0 fully saturated rings. The van der Waals surface area contributed by atoms with Crippen molar-refractivity contribution in [3.8, 4) is 28.6 Å². The van der Waals surface area contributed by atoms with Crippen molar-refractivity contribution in [2.24, 2.45) is 4.36 Å². The molecule has 3 N–H and O–H groups in total. The molecule has 0 radical (unpaired) electrons. The van der Waals surface area contributed by atoms with Crippen LogP contribution in [0.15, 0.2) is 64.1 Å². The van der Waals surface area contributed by atoms with Gasteiger partial charge in [-0.15, -0.1) is 0 Å². The van der Waals surface area contributed by atoms with Gasteiger partial charge in [-0.05, 0) is 49.6 Å². The van der Waals surface area contributed by atoms with Gasteiger partial charge in [0.25, 0.3) is 0 Å². The highest BCUT2D eigenvalue weighted by Gasteiger charge is 2.38. The summed E-state index contributed by atoms with van der Waals surface area (Å²) >= 11 is 0. The molecule has 2 atom stereocenters. The first-order valence-corrected chi connectivity index (χ1v) is 16.0. The molecule has 0 bridgehead atoms. The summed E-state index contributed by atoms with van der Waals surface area (Å²) in [6.45, 7) is 2.37. The van der Waals surface area contributed by atoms with E-state index in [0.29, 0.717) is 30.9 Å². The van der Waals surface area contributed by atoms with Gasteiger partial charge in [0, 0.05) is 54.2 Å². The van der Waals surface area contributed by atoms with Crippen LogP contribution < -0.4 is 9.47 Å². The van der Waals surface area contributed by atoms with E-state index in [-0.39, 0.29) is 39.4 Å². The number of rotatable bonds is 8. The monoisotopic (exact) mass is 638 g/mol. The van der Waals surface area contributed by atoms with Crippen molar-refractivity contribution in [3.63, 3.8) is 0 Å². The Balaban J connectivity index is 1.39. The Morgan fingerprint density at radius 3 is 2.76 bits per heavy atom. The maximum atomic E-state index is 15.4. The van der Waals surface area contributed by atoms with Gasteiger partial charge in [-0.25, -0.2) is 22.3 Å². The predicted molar refractivity (Wildman–Crippen MR) is 162 cm³/mol. The number of carboxylic acids is 1. The summed E-state index contributed by atoms with van der Waals surface area (Å²) in [5.74, 6) is -3.99. The number of halogens is 3. The van der Waals surface area contributed by atoms with Gasteiger partial charge >= 0.3 is 5.97 Å². The van der Waals surface area contributed by atoms with Crippen molar-refractivity contribution in [2.75, 3.05) is 19.9 Å². The average molecular weight is 639 g/mol. The summed E-state index contributed by atoms with van der Waals surface area (Å²) in [6, 6.07) is 10.7. The van der Waals surface area contributed by atoms with E-state index < -0.39 is 44.3 Å². The number of aromatic amines is 2. The van der Waals surface area contributed by atoms with E-state index >= 15 is 8.78 Å². The number of aryl methyl sites for hydroxylation is 1. The van der Waals surface area contributed by atoms with Crippen LogP contribution in [0.3, 0.4) is 0 Å². The lowest BCUT2D eigenvalue weighted by atomic mass is 9.74. The van der Waals surface area contributed by atoms with Gasteiger partial charge in [0.15, 0.2) is 11.6 Å². The molecular formula is C32H29F3N4O5S. The summed E-state index contributed by atoms with van der Waals surface area (Å²) in [5.41, 5.74) is 1.52. The highest BCUT2D eigenvalue weighted by atomic mass is 32.2. The van der Waals surface area contributed by atoms with Crippen molar-refractivity contribution in [1.29, 1.82) is 0 Å². The van der Waals surface area contributed by atoms with E-state index in [1.54, 1.807) is 6.20 Å². The number of aliphatic carboxylic acids is 1. The third kappa shape index (κ3) is 5.20. The summed E-state index contributed by atoms with van der Waals surface area (Å²) < 4.78 is 74.7. The standard InChI is InChI=1S/C32H29F3N4O5S/c1-32(12-14-43-28-17(7-10-24(40)41)5-4-6-21(28)32)23-16-38-31(39-23)20-15-18(8-9-22(20)33)44-29-26(35)25(34)27-19(11-13-37-27)30(29)45(3,42)36-2/h4-6,8-9,11,13,15-16,37H,7,10,12,14H2,1-3H3,(H,38,39)(H,40,41). The number of para-hydroxylation sites is 1. The maximum absolute atomic E-state index is 15.4. The minimum absolute atomic E-state index is 0.00686. The van der Waals surface area contributed by atoms with Crippen molar-refractivity contribution < 1.29 is 36.8 Å². The van der Waals surface area contributed by atoms with E-state index in [1.165, 1.54) is 37.7 Å². The van der Waals surface area contributed by atoms with Crippen LogP contribution in [0.5, 0.6) is 17.2 Å². The van der Waals surface area contributed by atoms with Crippen LogP contribution in [-0.2, 0) is 26.4 Å². The topological polar surface area (TPSA) is 130 Å². The second-order valence-electron chi connectivity index (χ2n) is 11.0. The van der Waals surface area contributed by atoms with Crippen LogP contribution in [0.4, 0.5) is 13.2 Å². The Morgan fingerprint density at radius 2 is 2.00 bits per heavy atom. The molecule has 1 aliphatic rings. The molecule has 9 nitrogen and oxygen atoms in total. The number of aromatic nitrogens is 3. The quantitative estimate of drug-likeness (QED) is 0.169. The molecule has 13 heteroatoms. The number of nitrogens with zero attached hydrogens (tertiary/aromatic N) is 2. The van der Waals surface area contributed by atoms with Crippen LogP contribution in [-0.4, -0.2) is 50.1 Å². The van der Waals surface area contributed by atoms with Crippen molar-refractivity contribution in [3.05, 3.63) is 89.1 Å². The summed E-state index contributed by atoms with van der Waals surface area (Å²) in [4.78, 5) is 21.3. The Kier molecular flexibility index (Phi) is 7.59. The number of hydrogen-bond acceptors (Lipinski definition) is 6. The highest BCUT2D eigenvalue weighted by Crippen LogP contribution is 2.45. The molecule has 3 aromatic carbocycles. The zero-order valence-electron chi connectivity index (χ0n) is 24.5. The first kappa shape index (κ1) is 30.3. The zero-order valence-corrected chi connectivity index (χ0v) is 25.4. The fraction of sp³-hybridized carbons (Fsp3) is 0.250. The third-order valence-electron chi connectivity index (χ3n) is 8.27. The smallest absolute Gasteiger partial charge is 0.303 e. The maximum Gasteiger partial charge on any atom is 0.303 e. The molecule has 45 heavy (non-hydrogen) atoms. The highest BCUT2D eigenvalue weighted by molar-refractivity contribution is 7.93. The molecule has 0 spiro atoms. The van der Waals surface area contributed by atoms with Crippen LogP contribution >= 0.6 is 0 Å². The van der Waals surface area contributed by atoms with Gasteiger partial charge in [0.2, 0.25) is 5.82 Å². The number of ether oxygens (including phenoxy) is 2. The number of benzene rings is 3. The second-order valence-corrected chi connectivity index (χ2v) is 13.4. The van der Waals surface area contributed by atoms with E-state index in [0.717, 1.165) is 17.2 Å². The van der Waals surface area contributed by atoms with Crippen LogP contribution in [0.25, 0.3) is 22.3 Å². The van der Waals surface area contributed by atoms with Gasteiger partial charge < -0.3 is 24.5 Å². The lowest BCUT2D eigenvalue weighted by Crippen LogP contribution is -2.32. The number of carbonyl (C=O) groups is 1. The molecule has 0 saturated carbocycles. The van der Waals surface area contributed by atoms with E-state index in [9.17, 15) is 13.4 Å². The largest absolute Gasteiger partial charge is 0.493 e. The molecule has 0 aliphatic carbocycles. The molecule has 2 unspecified atom stereocenters. The summed E-state index contributed by atoms with van der Waals surface area (Å²) in [5, 5.41) is 9.32. The van der Waals surface area contributed by atoms with Crippen molar-refractivity contribution in [1.82, 2.24) is 15.0 Å². The van der Waals surface area contributed by atoms with Gasteiger partial charge in [-0.1, -0.05) is 18.2 Å². The summed E-state index contributed by atoms with van der Waals surface area (Å²) in [7, 11) is -1.91. The Bertz CT molecular complexity index is 2100. The van der Waals surface area contributed by atoms with Crippen LogP contribution in [0.2, 0.25) is 0 Å². The van der Waals surface area contributed by atoms with Crippen molar-refractivity contribution in [2.45, 2.75) is 36.5 Å². The molecule has 6 rings (SSSR count). The molecular weight excluding hydrogens is 609 g/mol. The second kappa shape index (κ2) is 11.3. The molecule has 3 heterocycles. The van der Waals surface area contributed by atoms with E-state index in [1.807, 2.05) is 25.1 Å². The Hall–Kier alpha value is -4.78. The summed E-state index contributed by atoms with van der Waals surface area (Å²) in [6.07, 6.45) is 5.13. The molecule has 0 saturated heterocycles. The fourth-order valence-corrected chi connectivity index (χ4v) is 6.97. The average Bonchev–Trinajstić information content (AvgIpc) is 3.71. The van der Waals surface area contributed by atoms with Crippen molar-refractivity contribution >= 4 is 26.6 Å². The van der Waals surface area contributed by atoms with Gasteiger partial charge in [0.05, 0.1) is 27.4 Å². The molecule has 2 aromatic heterocycles. The predicted octanol–water partition coefficient (Wildman–Crippen LogP) is 6.96. The number of nitrogens with one attached hydrogen (secondary N) is 2. The van der Waals surface area contributed by atoms with E-state index in [2.05, 4.69) is 19.3 Å². The number of imidazole rings is 1. The first-order valence-electron chi connectivity index (χ1n) is 14.0. The minimum atomic E-state index is -3.22. The van der Waals surface area contributed by atoms with Gasteiger partial charge in [0.1, 0.15) is 28.0 Å². The zero-order chi connectivity index (χ0) is 32.1. The number of H-pyrrole nitrogens is 2. The normalized spacial score (nSPS) is 17.4. The Morgan fingerprint density at radius 1 is 1.20 bits per heavy atom. The third-order valence-corrected chi connectivity index (χ3v) is 10.1. The van der Waals surface area contributed by atoms with Gasteiger partial charge in [-0.3, -0.25) is 4.79 Å². The fourth-order valence-electron chi connectivity index (χ4n) is 5.74. The molecule has 234 valence electrons. The SMILES string of the molecule is CN=S(C)(=O)c1c(Oc2ccc(F)c(-c3ncc(C4(C)CCOc5c(CCC(=O)O)cccc54)[nH]3)c2)c(F)c(F)c2[nH]ccc12.